The lowest BCUT2D eigenvalue weighted by Gasteiger charge is -2.36. The zero-order valence-electron chi connectivity index (χ0n) is 23.8. The van der Waals surface area contributed by atoms with E-state index in [1.807, 2.05) is 45.9 Å². The molecule has 4 nitrogen and oxygen atoms in total. The van der Waals surface area contributed by atoms with Crippen LogP contribution < -0.4 is 0 Å². The lowest BCUT2D eigenvalue weighted by Crippen LogP contribution is -2.46. The predicted molar refractivity (Wildman–Crippen MR) is 162 cm³/mol. The number of rotatable bonds is 4. The first-order valence-electron chi connectivity index (χ1n) is 13.7. The van der Waals surface area contributed by atoms with E-state index < -0.39 is 36.4 Å². The van der Waals surface area contributed by atoms with Gasteiger partial charge in [-0.25, -0.2) is 0 Å². The normalized spacial score (nSPS) is 23.7. The molecule has 0 aliphatic carbocycles. The Kier molecular flexibility index (Phi) is 6.26. The van der Waals surface area contributed by atoms with Crippen molar-refractivity contribution in [1.82, 2.24) is 0 Å². The Balaban J connectivity index is 1.27. The van der Waals surface area contributed by atoms with Crippen molar-refractivity contribution in [2.75, 3.05) is 0 Å². The Bertz CT molecular complexity index is 1570. The molecule has 200 valence electrons. The first-order valence-corrected chi connectivity index (χ1v) is 14.1. The van der Waals surface area contributed by atoms with Crippen LogP contribution in [-0.2, 0) is 25.0 Å². The van der Waals surface area contributed by atoms with E-state index in [-0.39, 0.29) is 0 Å². The van der Waals surface area contributed by atoms with E-state index in [1.165, 1.54) is 27.1 Å². The summed E-state index contributed by atoms with van der Waals surface area (Å²) in [6, 6.07) is 25.6. The van der Waals surface area contributed by atoms with E-state index in [1.54, 1.807) is 0 Å². The molecule has 0 saturated carbocycles. The van der Waals surface area contributed by atoms with Gasteiger partial charge in [-0.1, -0.05) is 72.3 Å². The summed E-state index contributed by atoms with van der Waals surface area (Å²) < 4.78 is 25.5. The number of halogens is 1. The molecule has 7 heteroatoms. The first kappa shape index (κ1) is 26.9. The molecule has 2 aliphatic rings. The second-order valence-electron chi connectivity index (χ2n) is 12.7. The van der Waals surface area contributed by atoms with Gasteiger partial charge in [-0.2, -0.15) is 0 Å². The molecule has 2 saturated heterocycles. The molecule has 2 aliphatic heterocycles. The van der Waals surface area contributed by atoms with E-state index in [0.717, 1.165) is 16.1 Å². The van der Waals surface area contributed by atoms with Gasteiger partial charge in [-0.05, 0) is 93.3 Å². The standard InChI is InChI=1S/C32H35B2ClO4/c1-29(2)30(3,4)37-33(36-29)34-38-31(5,6)32(7,39-34)20-21-12-16-25-22(18-21)13-14-23-19-24(15-17-26(23)25)27-10-8-9-11-28(27)35/h8-19H,20H2,1-7H3. The van der Waals surface area contributed by atoms with Crippen molar-refractivity contribution in [1.29, 1.82) is 0 Å². The maximum Gasteiger partial charge on any atom is 0.489 e. The summed E-state index contributed by atoms with van der Waals surface area (Å²) in [6.07, 6.45) is 0.704. The van der Waals surface area contributed by atoms with Gasteiger partial charge in [0.15, 0.2) is 0 Å². The van der Waals surface area contributed by atoms with Crippen LogP contribution in [0, 0.1) is 0 Å². The molecule has 2 fully saturated rings. The summed E-state index contributed by atoms with van der Waals surface area (Å²) in [4.78, 5) is 0. The fourth-order valence-electron chi connectivity index (χ4n) is 5.69. The molecule has 4 aromatic carbocycles. The minimum Gasteiger partial charge on any atom is -0.405 e. The van der Waals surface area contributed by atoms with Crippen molar-refractivity contribution in [2.24, 2.45) is 0 Å². The Morgan fingerprint density at radius 3 is 1.85 bits per heavy atom. The largest absolute Gasteiger partial charge is 0.489 e. The van der Waals surface area contributed by atoms with Crippen LogP contribution in [0.4, 0.5) is 0 Å². The summed E-state index contributed by atoms with van der Waals surface area (Å²) in [5.74, 6) is 0. The third-order valence-electron chi connectivity index (χ3n) is 9.18. The molecule has 1 unspecified atom stereocenters. The van der Waals surface area contributed by atoms with E-state index >= 15 is 0 Å². The van der Waals surface area contributed by atoms with Crippen molar-refractivity contribution >= 4 is 47.2 Å². The fourth-order valence-corrected chi connectivity index (χ4v) is 5.93. The number of hydrogen-bond donors (Lipinski definition) is 0. The lowest BCUT2D eigenvalue weighted by atomic mass is 9.49. The summed E-state index contributed by atoms with van der Waals surface area (Å²) in [5.41, 5.74) is 1.39. The van der Waals surface area contributed by atoms with Crippen LogP contribution in [0.25, 0.3) is 32.7 Å². The second-order valence-corrected chi connectivity index (χ2v) is 13.1. The van der Waals surface area contributed by atoms with Crippen LogP contribution in [-0.4, -0.2) is 36.4 Å². The number of fused-ring (bicyclic) bond motifs is 3. The van der Waals surface area contributed by atoms with Crippen molar-refractivity contribution in [2.45, 2.75) is 77.3 Å². The van der Waals surface area contributed by atoms with E-state index in [4.69, 9.17) is 30.2 Å². The zero-order chi connectivity index (χ0) is 27.8. The number of benzene rings is 4. The van der Waals surface area contributed by atoms with Gasteiger partial charge in [0.1, 0.15) is 0 Å². The highest BCUT2D eigenvalue weighted by atomic mass is 35.5. The predicted octanol–water partition coefficient (Wildman–Crippen LogP) is 8.10. The molecule has 1 atom stereocenters. The minimum atomic E-state index is -0.595. The van der Waals surface area contributed by atoms with Crippen LogP contribution in [0.2, 0.25) is 5.02 Å². The highest BCUT2D eigenvalue weighted by molar-refractivity contribution is 7.11. The van der Waals surface area contributed by atoms with Gasteiger partial charge < -0.3 is 18.6 Å². The van der Waals surface area contributed by atoms with E-state index in [2.05, 4.69) is 75.4 Å². The molecule has 0 aromatic heterocycles. The van der Waals surface area contributed by atoms with Crippen LogP contribution in [0.1, 0.15) is 54.0 Å². The molecular formula is C32H35B2ClO4. The summed E-state index contributed by atoms with van der Waals surface area (Å²) in [5, 5.41) is 5.61. The third-order valence-corrected chi connectivity index (χ3v) is 9.51. The summed E-state index contributed by atoms with van der Waals surface area (Å²) in [7, 11) is -1.17. The molecule has 0 N–H and O–H groups in total. The Morgan fingerprint density at radius 1 is 0.615 bits per heavy atom. The molecule has 6 rings (SSSR count). The molecule has 0 radical (unpaired) electrons. The molecule has 0 bridgehead atoms. The van der Waals surface area contributed by atoms with Gasteiger partial charge >= 0.3 is 14.0 Å². The van der Waals surface area contributed by atoms with Crippen molar-refractivity contribution < 1.29 is 18.6 Å². The Morgan fingerprint density at radius 2 is 1.18 bits per heavy atom. The minimum absolute atomic E-state index is 0.442. The van der Waals surface area contributed by atoms with Crippen molar-refractivity contribution in [3.05, 3.63) is 83.4 Å². The average molecular weight is 541 g/mol. The van der Waals surface area contributed by atoms with Crippen LogP contribution in [0.5, 0.6) is 0 Å². The topological polar surface area (TPSA) is 36.9 Å². The van der Waals surface area contributed by atoms with Gasteiger partial charge in [0.25, 0.3) is 0 Å². The quantitative estimate of drug-likeness (QED) is 0.194. The monoisotopic (exact) mass is 540 g/mol. The third kappa shape index (κ3) is 4.51. The van der Waals surface area contributed by atoms with Gasteiger partial charge in [-0.15, -0.1) is 0 Å². The molecular weight excluding hydrogens is 505 g/mol. The smallest absolute Gasteiger partial charge is 0.405 e. The first-order chi connectivity index (χ1) is 18.3. The average Bonchev–Trinajstić information content (AvgIpc) is 3.24. The van der Waals surface area contributed by atoms with Crippen molar-refractivity contribution in [3.63, 3.8) is 0 Å². The zero-order valence-corrected chi connectivity index (χ0v) is 24.6. The van der Waals surface area contributed by atoms with Crippen LogP contribution in [0.15, 0.2) is 72.8 Å². The van der Waals surface area contributed by atoms with E-state index in [0.29, 0.717) is 6.42 Å². The van der Waals surface area contributed by atoms with Crippen LogP contribution in [0.3, 0.4) is 0 Å². The molecule has 39 heavy (non-hydrogen) atoms. The highest BCUT2D eigenvalue weighted by Gasteiger charge is 2.64. The fraction of sp³-hybridized carbons (Fsp3) is 0.375. The highest BCUT2D eigenvalue weighted by Crippen LogP contribution is 2.45. The maximum absolute atomic E-state index is 6.60. The maximum atomic E-state index is 6.60. The Labute approximate surface area is 237 Å². The molecule has 0 spiro atoms. The van der Waals surface area contributed by atoms with Crippen molar-refractivity contribution in [3.8, 4) is 11.1 Å². The number of hydrogen-bond acceptors (Lipinski definition) is 4. The van der Waals surface area contributed by atoms with E-state index in [9.17, 15) is 0 Å². The van der Waals surface area contributed by atoms with Gasteiger partial charge in [0.2, 0.25) is 0 Å². The summed E-state index contributed by atoms with van der Waals surface area (Å²) in [6.45, 7) is 14.5. The lowest BCUT2D eigenvalue weighted by molar-refractivity contribution is -0.00875. The second kappa shape index (κ2) is 9.09. The van der Waals surface area contributed by atoms with Gasteiger partial charge in [0.05, 0.1) is 22.4 Å². The molecule has 4 aromatic rings. The van der Waals surface area contributed by atoms with Gasteiger partial charge in [0, 0.05) is 17.0 Å². The van der Waals surface area contributed by atoms with Gasteiger partial charge in [-0.3, -0.25) is 0 Å². The van der Waals surface area contributed by atoms with Crippen LogP contribution >= 0.6 is 11.6 Å². The molecule has 2 heterocycles. The summed E-state index contributed by atoms with van der Waals surface area (Å²) >= 11 is 6.46. The molecule has 0 amide bonds. The Hall–Kier alpha value is -2.34. The SMILES string of the molecule is CC1(C)OB(B2OC(C)(C)C(C)(Cc3ccc4c(ccc5cc(-c6ccccc6Cl)ccc54)c3)O2)OC1(C)C.